The van der Waals surface area contributed by atoms with Gasteiger partial charge in [-0.2, -0.15) is 0 Å². The molecule has 3 aliphatic rings. The fourth-order valence-corrected chi connectivity index (χ4v) is 8.52. The Hall–Kier alpha value is -1.64. The second kappa shape index (κ2) is 10.0. The Balaban J connectivity index is 1.23. The molecule has 3 saturated heterocycles. The van der Waals surface area contributed by atoms with Crippen LogP contribution < -0.4 is 4.90 Å². The lowest BCUT2D eigenvalue weighted by Gasteiger charge is -2.38. The normalized spacial score (nSPS) is 25.6. The molecule has 196 valence electrons. The third-order valence-electron chi connectivity index (χ3n) is 7.95. The first-order valence-corrected chi connectivity index (χ1v) is 15.8. The Morgan fingerprint density at radius 3 is 2.20 bits per heavy atom. The van der Waals surface area contributed by atoms with Gasteiger partial charge in [0.25, 0.3) is 0 Å². The number of piperidine rings is 2. The third kappa shape index (κ3) is 6.38. The summed E-state index contributed by atoms with van der Waals surface area (Å²) in [7, 11) is -1.68. The van der Waals surface area contributed by atoms with Crippen LogP contribution in [-0.4, -0.2) is 63.3 Å². The minimum absolute atomic E-state index is 0.141. The highest BCUT2D eigenvalue weighted by Crippen LogP contribution is 2.62. The summed E-state index contributed by atoms with van der Waals surface area (Å²) in [5.41, 5.74) is 0.865. The molecule has 0 spiro atoms. The van der Waals surface area contributed by atoms with Crippen LogP contribution in [0.3, 0.4) is 0 Å². The quantitative estimate of drug-likeness (QED) is 0.437. The van der Waals surface area contributed by atoms with Crippen molar-refractivity contribution in [1.82, 2.24) is 4.90 Å². The summed E-state index contributed by atoms with van der Waals surface area (Å²) in [5.74, 6) is -0.141. The predicted molar refractivity (Wildman–Crippen MR) is 139 cm³/mol. The van der Waals surface area contributed by atoms with Gasteiger partial charge in [-0.3, -0.25) is 0 Å². The number of hydrogen-bond acceptors (Lipinski definition) is 5. The van der Waals surface area contributed by atoms with Crippen molar-refractivity contribution in [3.05, 3.63) is 29.6 Å². The van der Waals surface area contributed by atoms with E-state index in [2.05, 4.69) is 25.3 Å². The van der Waals surface area contributed by atoms with Gasteiger partial charge in [0.1, 0.15) is 5.60 Å². The van der Waals surface area contributed by atoms with E-state index in [1.54, 1.807) is 4.90 Å². The van der Waals surface area contributed by atoms with Gasteiger partial charge >= 0.3 is 6.09 Å². The van der Waals surface area contributed by atoms with Crippen molar-refractivity contribution in [3.8, 4) is 0 Å². The smallest absolute Gasteiger partial charge is 0.410 e. The summed E-state index contributed by atoms with van der Waals surface area (Å²) < 4.78 is 33.5. The first-order chi connectivity index (χ1) is 16.4. The van der Waals surface area contributed by atoms with Gasteiger partial charge in [-0.25, -0.2) is 9.18 Å². The molecular weight excluding hydrogens is 463 g/mol. The highest BCUT2D eigenvalue weighted by Gasteiger charge is 2.62. The molecule has 6 nitrogen and oxygen atoms in total. The van der Waals surface area contributed by atoms with E-state index in [1.165, 1.54) is 0 Å². The highest BCUT2D eigenvalue weighted by atomic mass is 28.4. The maximum Gasteiger partial charge on any atom is 0.410 e. The number of halogens is 1. The molecule has 0 aromatic heterocycles. The van der Waals surface area contributed by atoms with Crippen molar-refractivity contribution in [2.75, 3.05) is 31.1 Å². The number of nitrogens with zero attached hydrogens (tertiary/aromatic N) is 2. The molecule has 35 heavy (non-hydrogen) atoms. The molecule has 0 bridgehead atoms. The second-order valence-electron chi connectivity index (χ2n) is 12.3. The van der Waals surface area contributed by atoms with Gasteiger partial charge in [-0.05, 0) is 70.2 Å². The number of carbonyl (C=O) groups excluding carboxylic acids is 1. The Morgan fingerprint density at radius 1 is 1.09 bits per heavy atom. The Morgan fingerprint density at radius 2 is 1.66 bits per heavy atom. The summed E-state index contributed by atoms with van der Waals surface area (Å²) in [5, 5.41) is 0.301. The maximum atomic E-state index is 15.3. The van der Waals surface area contributed by atoms with Crippen molar-refractivity contribution in [2.45, 2.75) is 102 Å². The van der Waals surface area contributed by atoms with Crippen molar-refractivity contribution in [3.63, 3.8) is 0 Å². The number of carbonyl (C=O) groups is 1. The highest BCUT2D eigenvalue weighted by molar-refractivity contribution is 6.86. The molecule has 1 atom stereocenters. The fourth-order valence-electron chi connectivity index (χ4n) is 5.21. The zero-order chi connectivity index (χ0) is 25.4. The number of anilines is 1. The lowest BCUT2D eigenvalue weighted by Crippen LogP contribution is -2.45. The van der Waals surface area contributed by atoms with Gasteiger partial charge < -0.3 is 23.7 Å². The molecule has 1 unspecified atom stereocenters. The Bertz CT molecular complexity index is 905. The average Bonchev–Trinajstić information content (AvgIpc) is 3.30. The zero-order valence-corrected chi connectivity index (χ0v) is 23.4. The van der Waals surface area contributed by atoms with E-state index in [9.17, 15) is 4.79 Å². The van der Waals surface area contributed by atoms with E-state index in [0.29, 0.717) is 36.0 Å². The summed E-state index contributed by atoms with van der Waals surface area (Å²) in [6.07, 6.45) is 3.53. The molecule has 0 saturated carbocycles. The molecule has 0 radical (unpaired) electrons. The van der Waals surface area contributed by atoms with E-state index < -0.39 is 13.9 Å². The molecular formula is C27H43FN2O4Si. The van der Waals surface area contributed by atoms with Crippen LogP contribution in [-0.2, 0) is 20.5 Å². The van der Waals surface area contributed by atoms with Crippen LogP contribution in [0.15, 0.2) is 18.2 Å². The number of rotatable bonds is 6. The van der Waals surface area contributed by atoms with Gasteiger partial charge in [0, 0.05) is 31.7 Å². The van der Waals surface area contributed by atoms with E-state index in [0.717, 1.165) is 44.8 Å². The first kappa shape index (κ1) is 26.4. The zero-order valence-electron chi connectivity index (χ0n) is 22.4. The van der Waals surface area contributed by atoms with Gasteiger partial charge in [-0.15, -0.1) is 0 Å². The third-order valence-corrected chi connectivity index (χ3v) is 12.9. The number of benzene rings is 1. The minimum atomic E-state index is -1.68. The van der Waals surface area contributed by atoms with Crippen molar-refractivity contribution in [2.24, 2.45) is 0 Å². The number of likely N-dealkylation sites (tertiary alicyclic amines) is 1. The molecule has 4 rings (SSSR count). The molecule has 0 aliphatic carbocycles. The molecule has 1 aromatic rings. The number of hydrogen-bond donors (Lipinski definition) is 0. The van der Waals surface area contributed by atoms with Crippen LogP contribution in [0.5, 0.6) is 0 Å². The van der Waals surface area contributed by atoms with E-state index >= 15 is 4.39 Å². The summed E-state index contributed by atoms with van der Waals surface area (Å²) in [6, 6.07) is 6.83. The topological polar surface area (TPSA) is 51.2 Å². The van der Waals surface area contributed by atoms with Gasteiger partial charge in [0.05, 0.1) is 24.5 Å². The first-order valence-electron chi connectivity index (χ1n) is 13.2. The van der Waals surface area contributed by atoms with E-state index in [-0.39, 0.29) is 24.1 Å². The molecule has 3 fully saturated rings. The van der Waals surface area contributed by atoms with Gasteiger partial charge in [-0.1, -0.05) is 26.0 Å². The van der Waals surface area contributed by atoms with Gasteiger partial charge in [0.2, 0.25) is 0 Å². The van der Waals surface area contributed by atoms with Crippen molar-refractivity contribution in [1.29, 1.82) is 0 Å². The van der Waals surface area contributed by atoms with Gasteiger partial charge in [0.15, 0.2) is 14.1 Å². The van der Waals surface area contributed by atoms with Crippen LogP contribution in [0.1, 0.15) is 65.9 Å². The SMILES string of the molecule is CC(C)(C)OC(=O)N1CCC(OC2CCN(c3cccc(CO[Si]4(C)CC4(C)C)c3F)CC2)CC1. The van der Waals surface area contributed by atoms with Crippen LogP contribution in [0.25, 0.3) is 0 Å². The standard InChI is InChI=1S/C27H43FN2O4Si/c1-26(2,3)34-25(31)30-16-12-22(13-17-30)33-21-10-14-29(15-11-21)23-9-7-8-20(24(23)28)18-32-35(6)19-27(35,4)5/h7-9,21-22H,10-19H2,1-6H3. The van der Waals surface area contributed by atoms with E-state index in [1.807, 2.05) is 39.0 Å². The summed E-state index contributed by atoms with van der Waals surface area (Å²) in [6.45, 7) is 15.7. The largest absolute Gasteiger partial charge is 0.444 e. The summed E-state index contributed by atoms with van der Waals surface area (Å²) in [4.78, 5) is 16.2. The Kier molecular flexibility index (Phi) is 7.56. The fraction of sp³-hybridized carbons (Fsp3) is 0.741. The maximum absolute atomic E-state index is 15.3. The number of ether oxygens (including phenoxy) is 2. The Labute approximate surface area is 211 Å². The average molecular weight is 507 g/mol. The van der Waals surface area contributed by atoms with Crippen LogP contribution in [0.4, 0.5) is 14.9 Å². The second-order valence-corrected chi connectivity index (χ2v) is 16.8. The van der Waals surface area contributed by atoms with Crippen LogP contribution in [0, 0.1) is 5.82 Å². The molecule has 8 heteroatoms. The molecule has 0 N–H and O–H groups in total. The van der Waals surface area contributed by atoms with Crippen LogP contribution >= 0.6 is 0 Å². The molecule has 1 aromatic carbocycles. The monoisotopic (exact) mass is 506 g/mol. The van der Waals surface area contributed by atoms with E-state index in [4.69, 9.17) is 13.9 Å². The predicted octanol–water partition coefficient (Wildman–Crippen LogP) is 6.10. The lowest BCUT2D eigenvalue weighted by molar-refractivity contribution is -0.0536. The molecule has 3 aliphatic heterocycles. The van der Waals surface area contributed by atoms with Crippen molar-refractivity contribution >= 4 is 20.1 Å². The molecule has 3 heterocycles. The minimum Gasteiger partial charge on any atom is -0.444 e. The number of amides is 1. The van der Waals surface area contributed by atoms with Crippen molar-refractivity contribution < 1.29 is 23.1 Å². The lowest BCUT2D eigenvalue weighted by atomic mass is 10.0. The molecule has 1 amide bonds. The summed E-state index contributed by atoms with van der Waals surface area (Å²) >= 11 is 0. The van der Waals surface area contributed by atoms with Crippen LogP contribution in [0.2, 0.25) is 17.6 Å².